The number of hydrogen-bond donors (Lipinski definition) is 1. The lowest BCUT2D eigenvalue weighted by molar-refractivity contribution is -0.123. The van der Waals surface area contributed by atoms with Gasteiger partial charge in [0.1, 0.15) is 5.75 Å². The van der Waals surface area contributed by atoms with Crippen molar-refractivity contribution in [3.8, 4) is 17.2 Å². The second-order valence-corrected chi connectivity index (χ2v) is 5.20. The van der Waals surface area contributed by atoms with Crippen molar-refractivity contribution in [3.05, 3.63) is 54.1 Å². The highest BCUT2D eigenvalue weighted by atomic mass is 16.5. The van der Waals surface area contributed by atoms with Crippen molar-refractivity contribution in [2.24, 2.45) is 0 Å². The summed E-state index contributed by atoms with van der Waals surface area (Å²) in [4.78, 5) is 12.2. The third-order valence-corrected chi connectivity index (χ3v) is 3.49. The Morgan fingerprint density at radius 1 is 1.00 bits per heavy atom. The maximum atomic E-state index is 12.2. The molecule has 0 saturated heterocycles. The molecule has 0 unspecified atom stereocenters. The van der Waals surface area contributed by atoms with E-state index in [2.05, 4.69) is 5.32 Å². The Labute approximate surface area is 142 Å². The van der Waals surface area contributed by atoms with Crippen LogP contribution in [0.3, 0.4) is 0 Å². The van der Waals surface area contributed by atoms with Crippen LogP contribution in [-0.4, -0.2) is 26.2 Å². The topological polar surface area (TPSA) is 56.8 Å². The molecule has 0 aliphatic heterocycles. The Kier molecular flexibility index (Phi) is 6.49. The minimum Gasteiger partial charge on any atom is -0.496 e. The van der Waals surface area contributed by atoms with Crippen LogP contribution in [0, 0.1) is 0 Å². The molecule has 0 fully saturated rings. The van der Waals surface area contributed by atoms with Gasteiger partial charge >= 0.3 is 0 Å². The van der Waals surface area contributed by atoms with Gasteiger partial charge in [-0.1, -0.05) is 30.3 Å². The number of ether oxygens (including phenoxy) is 3. The fraction of sp³-hybridized carbons (Fsp3) is 0.316. The van der Waals surface area contributed by atoms with Crippen LogP contribution in [0.25, 0.3) is 0 Å². The lowest BCUT2D eigenvalue weighted by Crippen LogP contribution is -2.31. The number of carbonyl (C=O) groups excluding carboxylic acids is 1. The zero-order valence-corrected chi connectivity index (χ0v) is 14.2. The SMILES string of the molecule is CCOc1ccccc1OCC(=O)N[C@@H](C)c1ccccc1OC. The van der Waals surface area contributed by atoms with E-state index in [9.17, 15) is 4.79 Å². The first-order valence-corrected chi connectivity index (χ1v) is 7.92. The van der Waals surface area contributed by atoms with Gasteiger partial charge in [0.2, 0.25) is 0 Å². The average molecular weight is 329 g/mol. The predicted molar refractivity (Wildman–Crippen MR) is 92.7 cm³/mol. The first-order valence-electron chi connectivity index (χ1n) is 7.92. The summed E-state index contributed by atoms with van der Waals surface area (Å²) in [6.07, 6.45) is 0. The molecule has 5 nitrogen and oxygen atoms in total. The maximum absolute atomic E-state index is 12.2. The number of benzene rings is 2. The van der Waals surface area contributed by atoms with Crippen molar-refractivity contribution in [3.63, 3.8) is 0 Å². The second kappa shape index (κ2) is 8.82. The zero-order valence-electron chi connectivity index (χ0n) is 14.2. The van der Waals surface area contributed by atoms with Crippen molar-refractivity contribution in [2.45, 2.75) is 19.9 Å². The molecule has 0 saturated carbocycles. The molecule has 24 heavy (non-hydrogen) atoms. The summed E-state index contributed by atoms with van der Waals surface area (Å²) < 4.78 is 16.4. The maximum Gasteiger partial charge on any atom is 0.258 e. The first-order chi connectivity index (χ1) is 11.7. The number of para-hydroxylation sites is 3. The number of nitrogens with one attached hydrogen (secondary N) is 1. The minimum atomic E-state index is -0.209. The summed E-state index contributed by atoms with van der Waals surface area (Å²) in [5.74, 6) is 1.72. The van der Waals surface area contributed by atoms with Crippen LogP contribution in [0.4, 0.5) is 0 Å². The van der Waals surface area contributed by atoms with Gasteiger partial charge in [0.05, 0.1) is 19.8 Å². The molecule has 0 aliphatic carbocycles. The van der Waals surface area contributed by atoms with E-state index in [-0.39, 0.29) is 18.6 Å². The molecule has 2 aromatic carbocycles. The predicted octanol–water partition coefficient (Wildman–Crippen LogP) is 3.35. The van der Waals surface area contributed by atoms with Gasteiger partial charge in [-0.3, -0.25) is 4.79 Å². The van der Waals surface area contributed by atoms with Crippen molar-refractivity contribution in [1.82, 2.24) is 5.32 Å². The van der Waals surface area contributed by atoms with E-state index >= 15 is 0 Å². The highest BCUT2D eigenvalue weighted by Crippen LogP contribution is 2.27. The molecule has 128 valence electrons. The number of methoxy groups -OCH3 is 1. The Bertz CT molecular complexity index is 672. The lowest BCUT2D eigenvalue weighted by atomic mass is 10.1. The molecule has 2 rings (SSSR count). The molecular formula is C19H23NO4. The van der Waals surface area contributed by atoms with Gasteiger partial charge in [0.25, 0.3) is 5.91 Å². The summed E-state index contributed by atoms with van der Waals surface area (Å²) >= 11 is 0. The van der Waals surface area contributed by atoms with Crippen LogP contribution in [-0.2, 0) is 4.79 Å². The molecule has 0 aromatic heterocycles. The Morgan fingerprint density at radius 2 is 1.58 bits per heavy atom. The molecule has 2 aromatic rings. The highest BCUT2D eigenvalue weighted by Gasteiger charge is 2.14. The highest BCUT2D eigenvalue weighted by molar-refractivity contribution is 5.78. The molecule has 0 heterocycles. The van der Waals surface area contributed by atoms with Gasteiger partial charge in [0.15, 0.2) is 18.1 Å². The van der Waals surface area contributed by atoms with Crippen molar-refractivity contribution in [2.75, 3.05) is 20.3 Å². The lowest BCUT2D eigenvalue weighted by Gasteiger charge is -2.17. The Balaban J connectivity index is 1.94. The smallest absolute Gasteiger partial charge is 0.258 e. The van der Waals surface area contributed by atoms with Gasteiger partial charge < -0.3 is 19.5 Å². The monoisotopic (exact) mass is 329 g/mol. The second-order valence-electron chi connectivity index (χ2n) is 5.20. The van der Waals surface area contributed by atoms with E-state index in [0.717, 1.165) is 11.3 Å². The molecule has 1 N–H and O–H groups in total. The van der Waals surface area contributed by atoms with Gasteiger partial charge in [-0.15, -0.1) is 0 Å². The fourth-order valence-corrected chi connectivity index (χ4v) is 2.37. The number of rotatable bonds is 8. The van der Waals surface area contributed by atoms with Crippen molar-refractivity contribution >= 4 is 5.91 Å². The summed E-state index contributed by atoms with van der Waals surface area (Å²) in [5.41, 5.74) is 0.920. The van der Waals surface area contributed by atoms with Crippen LogP contribution < -0.4 is 19.5 Å². The van der Waals surface area contributed by atoms with Crippen molar-refractivity contribution in [1.29, 1.82) is 0 Å². The number of amides is 1. The van der Waals surface area contributed by atoms with E-state index in [1.807, 2.05) is 56.3 Å². The third kappa shape index (κ3) is 4.65. The normalized spacial score (nSPS) is 11.5. The fourth-order valence-electron chi connectivity index (χ4n) is 2.37. The molecule has 1 amide bonds. The molecule has 0 bridgehead atoms. The molecule has 0 radical (unpaired) electrons. The molecule has 0 aliphatic rings. The largest absolute Gasteiger partial charge is 0.496 e. The van der Waals surface area contributed by atoms with Gasteiger partial charge in [-0.2, -0.15) is 0 Å². The molecule has 0 spiro atoms. The van der Waals surface area contributed by atoms with Crippen LogP contribution in [0.1, 0.15) is 25.5 Å². The Morgan fingerprint density at radius 3 is 2.21 bits per heavy atom. The standard InChI is InChI=1S/C19H23NO4/c1-4-23-17-11-7-8-12-18(17)24-13-19(21)20-14(2)15-9-5-6-10-16(15)22-3/h5-12,14H,4,13H2,1-3H3,(H,20,21)/t14-/m0/s1. The summed E-state index contributed by atoms with van der Waals surface area (Å²) in [7, 11) is 1.61. The summed E-state index contributed by atoms with van der Waals surface area (Å²) in [6, 6.07) is 14.7. The Hall–Kier alpha value is -2.69. The van der Waals surface area contributed by atoms with Crippen LogP contribution in [0.5, 0.6) is 17.2 Å². The summed E-state index contributed by atoms with van der Waals surface area (Å²) in [5, 5.41) is 2.91. The molecule has 1 atom stereocenters. The van der Waals surface area contributed by atoms with E-state index in [4.69, 9.17) is 14.2 Å². The van der Waals surface area contributed by atoms with Crippen LogP contribution >= 0.6 is 0 Å². The minimum absolute atomic E-state index is 0.0798. The first kappa shape index (κ1) is 17.7. The van der Waals surface area contributed by atoms with Crippen molar-refractivity contribution < 1.29 is 19.0 Å². The third-order valence-electron chi connectivity index (χ3n) is 3.49. The van der Waals surface area contributed by atoms with Crippen LogP contribution in [0.15, 0.2) is 48.5 Å². The van der Waals surface area contributed by atoms with E-state index in [0.29, 0.717) is 18.1 Å². The van der Waals surface area contributed by atoms with E-state index in [1.54, 1.807) is 13.2 Å². The van der Waals surface area contributed by atoms with Gasteiger partial charge in [0, 0.05) is 5.56 Å². The number of hydrogen-bond acceptors (Lipinski definition) is 4. The van der Waals surface area contributed by atoms with E-state index in [1.165, 1.54) is 0 Å². The van der Waals surface area contributed by atoms with Crippen LogP contribution in [0.2, 0.25) is 0 Å². The summed E-state index contributed by atoms with van der Waals surface area (Å²) in [6.45, 7) is 4.27. The average Bonchev–Trinajstić information content (AvgIpc) is 2.61. The van der Waals surface area contributed by atoms with E-state index < -0.39 is 0 Å². The van der Waals surface area contributed by atoms with Gasteiger partial charge in [-0.25, -0.2) is 0 Å². The quantitative estimate of drug-likeness (QED) is 0.807. The molecule has 5 heteroatoms. The van der Waals surface area contributed by atoms with Gasteiger partial charge in [-0.05, 0) is 32.0 Å². The number of carbonyl (C=O) groups is 1. The molecular weight excluding hydrogens is 306 g/mol. The zero-order chi connectivity index (χ0) is 17.4.